The first-order valence-corrected chi connectivity index (χ1v) is 6.55. The molecule has 0 aromatic carbocycles. The number of nitrogens with zero attached hydrogens (tertiary/aromatic N) is 2. The van der Waals surface area contributed by atoms with Gasteiger partial charge in [0.15, 0.2) is 0 Å². The number of rotatable bonds is 6. The van der Waals surface area contributed by atoms with Crippen LogP contribution in [0.3, 0.4) is 0 Å². The molecule has 20 heavy (non-hydrogen) atoms. The molecule has 2 aromatic rings. The quantitative estimate of drug-likeness (QED) is 0.823. The minimum Gasteiger partial charge on any atom is -0.480 e. The van der Waals surface area contributed by atoms with E-state index in [9.17, 15) is 9.59 Å². The molecule has 0 fully saturated rings. The molecule has 2 aromatic heterocycles. The number of aromatic nitrogens is 2. The summed E-state index contributed by atoms with van der Waals surface area (Å²) in [6.07, 6.45) is 2.97. The molecule has 0 aliphatic carbocycles. The van der Waals surface area contributed by atoms with Crippen LogP contribution in [0.25, 0.3) is 5.65 Å². The van der Waals surface area contributed by atoms with Crippen LogP contribution < -0.4 is 10.9 Å². The van der Waals surface area contributed by atoms with Crippen molar-refractivity contribution >= 4 is 11.6 Å². The highest BCUT2D eigenvalue weighted by molar-refractivity contribution is 5.73. The van der Waals surface area contributed by atoms with Gasteiger partial charge in [0.1, 0.15) is 11.7 Å². The van der Waals surface area contributed by atoms with E-state index in [0.29, 0.717) is 17.8 Å². The zero-order valence-corrected chi connectivity index (χ0v) is 11.2. The van der Waals surface area contributed by atoms with Crippen molar-refractivity contribution in [1.82, 2.24) is 14.7 Å². The number of carbonyl (C=O) groups is 1. The number of hydrogen-bond donors (Lipinski definition) is 2. The Morgan fingerprint density at radius 3 is 3.00 bits per heavy atom. The fourth-order valence-electron chi connectivity index (χ4n) is 2.02. The maximum atomic E-state index is 11.9. The van der Waals surface area contributed by atoms with Gasteiger partial charge < -0.3 is 5.11 Å². The lowest BCUT2D eigenvalue weighted by Crippen LogP contribution is -2.36. The van der Waals surface area contributed by atoms with Gasteiger partial charge in [-0.15, -0.1) is 0 Å². The second-order valence-corrected chi connectivity index (χ2v) is 4.57. The van der Waals surface area contributed by atoms with Crippen LogP contribution in [0.1, 0.15) is 25.5 Å². The normalized spacial score (nSPS) is 12.4. The second kappa shape index (κ2) is 6.29. The Balaban J connectivity index is 2.17. The lowest BCUT2D eigenvalue weighted by molar-refractivity contribution is -0.139. The molecule has 1 unspecified atom stereocenters. The molecule has 6 heteroatoms. The fraction of sp³-hybridized carbons (Fsp3) is 0.357. The number of hydrogen-bond acceptors (Lipinski definition) is 4. The first kappa shape index (κ1) is 14.2. The van der Waals surface area contributed by atoms with Crippen molar-refractivity contribution < 1.29 is 9.90 Å². The summed E-state index contributed by atoms with van der Waals surface area (Å²) in [6.45, 7) is 2.19. The van der Waals surface area contributed by atoms with Gasteiger partial charge in [0.2, 0.25) is 0 Å². The first-order chi connectivity index (χ1) is 9.61. The molecule has 0 spiro atoms. The summed E-state index contributed by atoms with van der Waals surface area (Å²) < 4.78 is 1.45. The van der Waals surface area contributed by atoms with Crippen molar-refractivity contribution in [2.45, 2.75) is 32.4 Å². The third-order valence-electron chi connectivity index (χ3n) is 3.03. The molecule has 6 nitrogen and oxygen atoms in total. The van der Waals surface area contributed by atoms with Gasteiger partial charge in [-0.25, -0.2) is 4.98 Å². The van der Waals surface area contributed by atoms with Gasteiger partial charge in [0.05, 0.1) is 5.69 Å². The van der Waals surface area contributed by atoms with Gasteiger partial charge in [0.25, 0.3) is 5.56 Å². The van der Waals surface area contributed by atoms with E-state index in [4.69, 9.17) is 5.11 Å². The van der Waals surface area contributed by atoms with E-state index in [2.05, 4.69) is 10.3 Å². The number of pyridine rings is 1. The summed E-state index contributed by atoms with van der Waals surface area (Å²) in [6, 6.07) is 6.11. The highest BCUT2D eigenvalue weighted by Gasteiger charge is 2.15. The average Bonchev–Trinajstić information content (AvgIpc) is 2.43. The Morgan fingerprint density at radius 2 is 2.30 bits per heavy atom. The van der Waals surface area contributed by atoms with E-state index < -0.39 is 12.0 Å². The molecular weight excluding hydrogens is 258 g/mol. The molecule has 0 bridgehead atoms. The standard InChI is InChI=1S/C14H17N3O3/c1-2-5-11(14(19)20)15-9-10-8-13(18)17-7-4-3-6-12(17)16-10/h3-4,6-8,11,15H,2,5,9H2,1H3,(H,19,20). The number of nitrogens with one attached hydrogen (secondary N) is 1. The molecule has 1 atom stereocenters. The van der Waals surface area contributed by atoms with E-state index in [1.165, 1.54) is 10.5 Å². The summed E-state index contributed by atoms with van der Waals surface area (Å²) in [5, 5.41) is 12.0. The molecule has 2 heterocycles. The van der Waals surface area contributed by atoms with Crippen molar-refractivity contribution in [2.75, 3.05) is 0 Å². The summed E-state index contributed by atoms with van der Waals surface area (Å²) in [5.41, 5.74) is 0.928. The van der Waals surface area contributed by atoms with Crippen molar-refractivity contribution in [3.8, 4) is 0 Å². The highest BCUT2D eigenvalue weighted by Crippen LogP contribution is 2.01. The van der Waals surface area contributed by atoms with Gasteiger partial charge >= 0.3 is 5.97 Å². The summed E-state index contributed by atoms with van der Waals surface area (Å²) in [4.78, 5) is 27.3. The van der Waals surface area contributed by atoms with Crippen LogP contribution in [-0.2, 0) is 11.3 Å². The molecule has 2 rings (SSSR count). The molecular formula is C14H17N3O3. The molecule has 0 aliphatic rings. The molecule has 106 valence electrons. The van der Waals surface area contributed by atoms with E-state index in [1.54, 1.807) is 24.4 Å². The lowest BCUT2D eigenvalue weighted by Gasteiger charge is -2.13. The maximum Gasteiger partial charge on any atom is 0.320 e. The molecule has 0 saturated carbocycles. The smallest absolute Gasteiger partial charge is 0.320 e. The van der Waals surface area contributed by atoms with Gasteiger partial charge in [-0.2, -0.15) is 0 Å². The lowest BCUT2D eigenvalue weighted by atomic mass is 10.1. The van der Waals surface area contributed by atoms with Crippen molar-refractivity contribution in [1.29, 1.82) is 0 Å². The molecule has 0 aliphatic heterocycles. The first-order valence-electron chi connectivity index (χ1n) is 6.55. The number of carboxylic acid groups (broad SMARTS) is 1. The largest absolute Gasteiger partial charge is 0.480 e. The van der Waals surface area contributed by atoms with Crippen LogP contribution in [0, 0.1) is 0 Å². The van der Waals surface area contributed by atoms with E-state index in [-0.39, 0.29) is 12.1 Å². The minimum absolute atomic E-state index is 0.172. The zero-order valence-electron chi connectivity index (χ0n) is 11.2. The third-order valence-corrected chi connectivity index (χ3v) is 3.03. The molecule has 0 saturated heterocycles. The van der Waals surface area contributed by atoms with Crippen LogP contribution >= 0.6 is 0 Å². The number of fused-ring (bicyclic) bond motifs is 1. The molecule has 0 radical (unpaired) electrons. The Hall–Kier alpha value is -2.21. The van der Waals surface area contributed by atoms with Crippen LogP contribution in [0.2, 0.25) is 0 Å². The van der Waals surface area contributed by atoms with Crippen LogP contribution in [-0.4, -0.2) is 26.5 Å². The summed E-state index contributed by atoms with van der Waals surface area (Å²) in [5.74, 6) is -0.885. The van der Waals surface area contributed by atoms with E-state index in [1.807, 2.05) is 6.92 Å². The second-order valence-electron chi connectivity index (χ2n) is 4.57. The Kier molecular flexibility index (Phi) is 4.47. The third kappa shape index (κ3) is 3.21. The Morgan fingerprint density at radius 1 is 1.50 bits per heavy atom. The van der Waals surface area contributed by atoms with Crippen LogP contribution in [0.5, 0.6) is 0 Å². The van der Waals surface area contributed by atoms with Gasteiger partial charge in [-0.1, -0.05) is 19.4 Å². The fourth-order valence-corrected chi connectivity index (χ4v) is 2.02. The van der Waals surface area contributed by atoms with Crippen molar-refractivity contribution in [2.24, 2.45) is 0 Å². The minimum atomic E-state index is -0.885. The Labute approximate surface area is 116 Å². The number of aliphatic carboxylic acids is 1. The molecule has 2 N–H and O–H groups in total. The summed E-state index contributed by atoms with van der Waals surface area (Å²) >= 11 is 0. The highest BCUT2D eigenvalue weighted by atomic mass is 16.4. The predicted molar refractivity (Wildman–Crippen MR) is 74.6 cm³/mol. The summed E-state index contributed by atoms with van der Waals surface area (Å²) in [7, 11) is 0. The maximum absolute atomic E-state index is 11.9. The van der Waals surface area contributed by atoms with Crippen molar-refractivity contribution in [3.05, 3.63) is 46.5 Å². The number of carboxylic acids is 1. The monoisotopic (exact) mass is 275 g/mol. The van der Waals surface area contributed by atoms with Crippen LogP contribution in [0.15, 0.2) is 35.3 Å². The zero-order chi connectivity index (χ0) is 14.5. The van der Waals surface area contributed by atoms with E-state index >= 15 is 0 Å². The average molecular weight is 275 g/mol. The van der Waals surface area contributed by atoms with Crippen molar-refractivity contribution in [3.63, 3.8) is 0 Å². The topological polar surface area (TPSA) is 83.7 Å². The van der Waals surface area contributed by atoms with Crippen LogP contribution in [0.4, 0.5) is 0 Å². The SMILES string of the molecule is CCCC(NCc1cc(=O)n2ccccc2n1)C(=O)O. The van der Waals surface area contributed by atoms with E-state index in [0.717, 1.165) is 6.42 Å². The van der Waals surface area contributed by atoms with Gasteiger partial charge in [-0.05, 0) is 18.6 Å². The predicted octanol–water partition coefficient (Wildman–Crippen LogP) is 1.04. The van der Waals surface area contributed by atoms with Gasteiger partial charge in [0, 0.05) is 18.8 Å². The Bertz CT molecular complexity index is 666. The molecule has 0 amide bonds. The van der Waals surface area contributed by atoms with Gasteiger partial charge in [-0.3, -0.25) is 19.3 Å².